The van der Waals surface area contributed by atoms with Gasteiger partial charge in [-0.15, -0.1) is 0 Å². The standard InChI is InChI=1S/C29H26N6O3/c1-3-37-29(36)28(21-5-4-12-31-16-21)38-33-17-22-13-24(22)20-8-11-26-25(14-20)34-27(35(26)2)18-32-23-9-6-19(15-30)7-10-23/h4-12,14,16,24,28,32H,3,13,18H2,1-2H3. The highest BCUT2D eigenvalue weighted by molar-refractivity contribution is 5.79. The summed E-state index contributed by atoms with van der Waals surface area (Å²) in [6.45, 7) is 2.55. The molecule has 2 aromatic heterocycles. The molecule has 2 heterocycles. The van der Waals surface area contributed by atoms with Gasteiger partial charge in [0.25, 0.3) is 6.10 Å². The van der Waals surface area contributed by atoms with Crippen molar-refractivity contribution in [1.82, 2.24) is 14.5 Å². The predicted octanol–water partition coefficient (Wildman–Crippen LogP) is 4.77. The molecule has 0 radical (unpaired) electrons. The summed E-state index contributed by atoms with van der Waals surface area (Å²) in [6, 6.07) is 19.2. The fourth-order valence-corrected chi connectivity index (χ4v) is 4.22. The van der Waals surface area contributed by atoms with Crippen LogP contribution in [-0.2, 0) is 28.0 Å². The first-order valence-electron chi connectivity index (χ1n) is 12.3. The van der Waals surface area contributed by atoms with E-state index < -0.39 is 12.1 Å². The lowest BCUT2D eigenvalue weighted by Crippen LogP contribution is -2.17. The van der Waals surface area contributed by atoms with Crippen molar-refractivity contribution in [3.63, 3.8) is 0 Å². The number of hydrogen-bond donors (Lipinski definition) is 1. The number of nitrogens with one attached hydrogen (secondary N) is 1. The van der Waals surface area contributed by atoms with Crippen LogP contribution in [0, 0.1) is 11.3 Å². The Labute approximate surface area is 220 Å². The lowest BCUT2D eigenvalue weighted by Gasteiger charge is -2.12. The zero-order valence-electron chi connectivity index (χ0n) is 21.1. The Morgan fingerprint density at radius 3 is 2.84 bits per heavy atom. The number of aromatic nitrogens is 3. The number of carbonyl (C=O) groups is 1. The second-order valence-corrected chi connectivity index (χ2v) is 8.89. The van der Waals surface area contributed by atoms with E-state index in [9.17, 15) is 4.79 Å². The Bertz CT molecular complexity index is 1560. The number of nitrogens with zero attached hydrogens (tertiary/aromatic N) is 5. The van der Waals surface area contributed by atoms with Gasteiger partial charge in [0.2, 0.25) is 0 Å². The van der Waals surface area contributed by atoms with Crippen LogP contribution in [-0.4, -0.2) is 33.0 Å². The van der Waals surface area contributed by atoms with Crippen molar-refractivity contribution in [2.24, 2.45) is 12.2 Å². The first kappa shape index (κ1) is 24.8. The van der Waals surface area contributed by atoms with E-state index in [-0.39, 0.29) is 12.5 Å². The Hall–Kier alpha value is -4.93. The minimum Gasteiger partial charge on any atom is -0.463 e. The van der Waals surface area contributed by atoms with E-state index in [0.29, 0.717) is 17.7 Å². The van der Waals surface area contributed by atoms with Crippen molar-refractivity contribution >= 4 is 28.6 Å². The molecule has 38 heavy (non-hydrogen) atoms. The highest BCUT2D eigenvalue weighted by Gasteiger charge is 2.33. The van der Waals surface area contributed by atoms with Crippen LogP contribution in [0.15, 0.2) is 77.7 Å². The molecule has 2 atom stereocenters. The number of ether oxygens (including phenoxy) is 1. The Kier molecular flexibility index (Phi) is 7.16. The molecule has 190 valence electrons. The zero-order valence-corrected chi connectivity index (χ0v) is 21.1. The summed E-state index contributed by atoms with van der Waals surface area (Å²) in [5.41, 5.74) is 6.22. The third kappa shape index (κ3) is 5.41. The number of nitriles is 1. The van der Waals surface area contributed by atoms with Gasteiger partial charge in [0.05, 0.1) is 35.8 Å². The molecule has 1 N–H and O–H groups in total. The molecule has 0 saturated heterocycles. The van der Waals surface area contributed by atoms with Crippen molar-refractivity contribution in [2.45, 2.75) is 31.9 Å². The number of fused-ring (bicyclic) bond motifs is 1. The van der Waals surface area contributed by atoms with E-state index in [2.05, 4.69) is 50.2 Å². The molecule has 2 aromatic carbocycles. The molecule has 9 heteroatoms. The van der Waals surface area contributed by atoms with Crippen LogP contribution in [0.5, 0.6) is 0 Å². The van der Waals surface area contributed by atoms with Crippen LogP contribution >= 0.6 is 0 Å². The van der Waals surface area contributed by atoms with Gasteiger partial charge < -0.3 is 19.5 Å². The summed E-state index contributed by atoms with van der Waals surface area (Å²) < 4.78 is 7.19. The predicted molar refractivity (Wildman–Crippen MR) is 142 cm³/mol. The summed E-state index contributed by atoms with van der Waals surface area (Å²) in [4.78, 5) is 26.7. The number of carbonyl (C=O) groups excluding carboxylic acids is 1. The van der Waals surface area contributed by atoms with Gasteiger partial charge in [0.1, 0.15) is 5.82 Å². The molecule has 5 rings (SSSR count). The number of hydrogen-bond acceptors (Lipinski definition) is 8. The summed E-state index contributed by atoms with van der Waals surface area (Å²) in [7, 11) is 2.00. The number of allylic oxidation sites excluding steroid dienone is 1. The third-order valence-electron chi connectivity index (χ3n) is 6.38. The van der Waals surface area contributed by atoms with Crippen LogP contribution in [0.2, 0.25) is 0 Å². The van der Waals surface area contributed by atoms with Gasteiger partial charge in [-0.3, -0.25) is 4.98 Å². The molecule has 4 aromatic rings. The monoisotopic (exact) mass is 506 g/mol. The second kappa shape index (κ2) is 11.0. The van der Waals surface area contributed by atoms with Crippen LogP contribution in [0.25, 0.3) is 11.0 Å². The number of anilines is 1. The summed E-state index contributed by atoms with van der Waals surface area (Å²) in [5, 5.41) is 16.3. The second-order valence-electron chi connectivity index (χ2n) is 8.89. The average molecular weight is 507 g/mol. The molecule has 0 aliphatic heterocycles. The summed E-state index contributed by atoms with van der Waals surface area (Å²) in [6.07, 6.45) is 3.00. The maximum Gasteiger partial charge on any atom is 0.355 e. The molecule has 1 aliphatic rings. The van der Waals surface area contributed by atoms with E-state index in [1.807, 2.05) is 19.2 Å². The Morgan fingerprint density at radius 1 is 1.26 bits per heavy atom. The topological polar surface area (TPSA) is 114 Å². The molecule has 0 spiro atoms. The van der Waals surface area contributed by atoms with Crippen molar-refractivity contribution in [3.8, 4) is 6.07 Å². The molecule has 1 fully saturated rings. The van der Waals surface area contributed by atoms with E-state index in [0.717, 1.165) is 40.1 Å². The Balaban J connectivity index is 1.27. The Morgan fingerprint density at radius 2 is 2.11 bits per heavy atom. The highest BCUT2D eigenvalue weighted by Crippen LogP contribution is 2.45. The van der Waals surface area contributed by atoms with Crippen molar-refractivity contribution in [1.29, 1.82) is 5.26 Å². The van der Waals surface area contributed by atoms with Crippen LogP contribution in [0.4, 0.5) is 5.69 Å². The zero-order chi connectivity index (χ0) is 26.5. The van der Waals surface area contributed by atoms with Crippen LogP contribution in [0.1, 0.15) is 47.9 Å². The normalized spacial score (nSPS) is 14.8. The minimum atomic E-state index is -0.991. The first-order chi connectivity index (χ1) is 18.6. The number of benzene rings is 2. The van der Waals surface area contributed by atoms with E-state index in [4.69, 9.17) is 19.8 Å². The van der Waals surface area contributed by atoms with Crippen LogP contribution in [0.3, 0.4) is 0 Å². The smallest absolute Gasteiger partial charge is 0.355 e. The summed E-state index contributed by atoms with van der Waals surface area (Å²) in [5.74, 6) is 3.52. The van der Waals surface area contributed by atoms with Gasteiger partial charge in [-0.05, 0) is 66.5 Å². The van der Waals surface area contributed by atoms with Gasteiger partial charge in [0.15, 0.2) is 0 Å². The highest BCUT2D eigenvalue weighted by atomic mass is 16.7. The summed E-state index contributed by atoms with van der Waals surface area (Å²) >= 11 is 0. The lowest BCUT2D eigenvalue weighted by atomic mass is 10.1. The molecule has 0 amide bonds. The number of aryl methyl sites for hydroxylation is 1. The lowest BCUT2D eigenvalue weighted by molar-refractivity contribution is -0.157. The quantitative estimate of drug-likeness (QED) is 0.198. The largest absolute Gasteiger partial charge is 0.463 e. The van der Waals surface area contributed by atoms with E-state index in [1.54, 1.807) is 43.6 Å². The number of rotatable bonds is 9. The molecule has 2 unspecified atom stereocenters. The van der Waals surface area contributed by atoms with Crippen molar-refractivity contribution in [2.75, 3.05) is 11.9 Å². The molecule has 0 bridgehead atoms. The maximum absolute atomic E-state index is 12.3. The van der Waals surface area contributed by atoms with Gasteiger partial charge in [-0.25, -0.2) is 9.78 Å². The van der Waals surface area contributed by atoms with E-state index in [1.165, 1.54) is 0 Å². The average Bonchev–Trinajstić information content (AvgIpc) is 3.66. The van der Waals surface area contributed by atoms with Crippen molar-refractivity contribution < 1.29 is 14.4 Å². The maximum atomic E-state index is 12.3. The van der Waals surface area contributed by atoms with Gasteiger partial charge in [-0.2, -0.15) is 5.26 Å². The van der Waals surface area contributed by atoms with Crippen molar-refractivity contribution in [3.05, 3.63) is 95.1 Å². The molecular formula is C29H26N6O3. The van der Waals surface area contributed by atoms with Gasteiger partial charge >= 0.3 is 5.97 Å². The molecular weight excluding hydrogens is 480 g/mol. The number of esters is 1. The van der Waals surface area contributed by atoms with Gasteiger partial charge in [-0.1, -0.05) is 12.1 Å². The first-order valence-corrected chi connectivity index (χ1v) is 12.3. The van der Waals surface area contributed by atoms with E-state index >= 15 is 0 Å². The molecule has 1 saturated carbocycles. The SMILES string of the molecule is CCOC(=O)C(ON=C=C1CC1c1ccc2c(c1)nc(CNc1ccc(C#N)cc1)n2C)c1cccnc1. The fraction of sp³-hybridized carbons (Fsp3) is 0.241. The molecule has 1 aliphatic carbocycles. The number of pyridine rings is 1. The third-order valence-corrected chi connectivity index (χ3v) is 6.38. The van der Waals surface area contributed by atoms with Gasteiger partial charge in [0, 0.05) is 48.1 Å². The number of imidazole rings is 1. The fourth-order valence-electron chi connectivity index (χ4n) is 4.22. The molecule has 9 nitrogen and oxygen atoms in total. The minimum absolute atomic E-state index is 0.188. The van der Waals surface area contributed by atoms with Crippen LogP contribution < -0.4 is 5.32 Å².